The summed E-state index contributed by atoms with van der Waals surface area (Å²) in [6, 6.07) is 4.44. The highest BCUT2D eigenvalue weighted by atomic mass is 16.5. The second-order valence-corrected chi connectivity index (χ2v) is 11.0. The van der Waals surface area contributed by atoms with Gasteiger partial charge in [0, 0.05) is 31.1 Å². The van der Waals surface area contributed by atoms with Gasteiger partial charge in [0.25, 0.3) is 0 Å². The van der Waals surface area contributed by atoms with E-state index in [0.29, 0.717) is 5.75 Å². The van der Waals surface area contributed by atoms with Crippen LogP contribution in [0.15, 0.2) is 12.1 Å². The molecule has 174 valence electrons. The number of carbonyl (C=O) groups is 1. The number of likely N-dealkylation sites (tertiary alicyclic amines) is 1. The Morgan fingerprint density at radius 2 is 2.12 bits per heavy atom. The number of nitrogens with one attached hydrogen (secondary N) is 2. The van der Waals surface area contributed by atoms with Crippen molar-refractivity contribution in [3.63, 3.8) is 0 Å². The Morgan fingerprint density at radius 3 is 2.88 bits per heavy atom. The molecule has 3 fully saturated rings. The molecule has 2 bridgehead atoms. The van der Waals surface area contributed by atoms with Crippen molar-refractivity contribution >= 4 is 5.91 Å². The molecule has 1 amide bonds. The predicted octanol–water partition coefficient (Wildman–Crippen LogP) is 2.86. The topological polar surface area (TPSA) is 73.8 Å². The van der Waals surface area contributed by atoms with E-state index in [1.807, 2.05) is 6.07 Å². The number of ether oxygens (including phenoxy) is 1. The number of aromatic hydroxyl groups is 1. The zero-order valence-electron chi connectivity index (χ0n) is 19.5. The molecule has 5 atom stereocenters. The first kappa shape index (κ1) is 20.8. The molecule has 0 aromatic heterocycles. The summed E-state index contributed by atoms with van der Waals surface area (Å²) in [5, 5.41) is 18.2. The fraction of sp³-hybridized carbons (Fsp3) is 0.731. The number of nitrogens with zero attached hydrogens (tertiary/aromatic N) is 1. The second kappa shape index (κ2) is 7.36. The summed E-state index contributed by atoms with van der Waals surface area (Å²) >= 11 is 0. The van der Waals surface area contributed by atoms with E-state index in [1.165, 1.54) is 24.0 Å². The van der Waals surface area contributed by atoms with Crippen LogP contribution >= 0.6 is 0 Å². The van der Waals surface area contributed by atoms with Gasteiger partial charge in [0.15, 0.2) is 11.5 Å². The second-order valence-electron chi connectivity index (χ2n) is 11.0. The number of piperidine rings is 1. The third kappa shape index (κ3) is 2.75. The Morgan fingerprint density at radius 1 is 1.28 bits per heavy atom. The highest BCUT2D eigenvalue weighted by Gasteiger charge is 2.73. The highest BCUT2D eigenvalue weighted by Crippen LogP contribution is 2.65. The summed E-state index contributed by atoms with van der Waals surface area (Å²) in [4.78, 5) is 15.4. The van der Waals surface area contributed by atoms with Crippen molar-refractivity contribution in [2.45, 2.75) is 94.4 Å². The summed E-state index contributed by atoms with van der Waals surface area (Å²) in [7, 11) is 0. The van der Waals surface area contributed by atoms with E-state index in [4.69, 9.17) is 4.74 Å². The maximum absolute atomic E-state index is 12.7. The van der Waals surface area contributed by atoms with E-state index in [0.717, 1.165) is 64.1 Å². The van der Waals surface area contributed by atoms with Gasteiger partial charge in [-0.05, 0) is 75.6 Å². The molecular formula is C26H37N3O3. The maximum atomic E-state index is 12.7. The van der Waals surface area contributed by atoms with Crippen LogP contribution in [0.2, 0.25) is 0 Å². The van der Waals surface area contributed by atoms with E-state index in [2.05, 4.69) is 28.5 Å². The van der Waals surface area contributed by atoms with Crippen molar-refractivity contribution in [2.24, 2.45) is 5.92 Å². The van der Waals surface area contributed by atoms with Crippen molar-refractivity contribution in [1.82, 2.24) is 15.5 Å². The van der Waals surface area contributed by atoms with Crippen LogP contribution in [0.3, 0.4) is 0 Å². The molecular weight excluding hydrogens is 402 g/mol. The zero-order valence-corrected chi connectivity index (χ0v) is 19.5. The monoisotopic (exact) mass is 439 g/mol. The molecule has 6 nitrogen and oxygen atoms in total. The van der Waals surface area contributed by atoms with Gasteiger partial charge in [-0.15, -0.1) is 0 Å². The lowest BCUT2D eigenvalue weighted by molar-refractivity contribution is -0.135. The molecule has 1 aromatic carbocycles. The van der Waals surface area contributed by atoms with Crippen LogP contribution in [-0.2, 0) is 16.6 Å². The Kier molecular flexibility index (Phi) is 4.78. The van der Waals surface area contributed by atoms with Crippen molar-refractivity contribution < 1.29 is 14.6 Å². The van der Waals surface area contributed by atoms with Gasteiger partial charge in [0.2, 0.25) is 5.91 Å². The lowest BCUT2D eigenvalue weighted by Crippen LogP contribution is -2.82. The average Bonchev–Trinajstić information content (AvgIpc) is 3.50. The molecule has 2 aliphatic heterocycles. The van der Waals surface area contributed by atoms with E-state index in [9.17, 15) is 9.90 Å². The number of hydrogen-bond acceptors (Lipinski definition) is 5. The molecule has 2 heterocycles. The summed E-state index contributed by atoms with van der Waals surface area (Å²) in [6.07, 6.45) is 8.75. The highest BCUT2D eigenvalue weighted by molar-refractivity contribution is 5.76. The molecule has 2 unspecified atom stereocenters. The fourth-order valence-electron chi connectivity index (χ4n) is 7.77. The minimum Gasteiger partial charge on any atom is -0.504 e. The molecule has 2 saturated carbocycles. The Bertz CT molecular complexity index is 931. The Labute approximate surface area is 191 Å². The van der Waals surface area contributed by atoms with E-state index >= 15 is 0 Å². The van der Waals surface area contributed by atoms with E-state index < -0.39 is 0 Å². The molecule has 1 aromatic rings. The van der Waals surface area contributed by atoms with Crippen molar-refractivity contribution in [3.8, 4) is 11.5 Å². The van der Waals surface area contributed by atoms with Gasteiger partial charge in [-0.1, -0.05) is 19.4 Å². The first-order valence-corrected chi connectivity index (χ1v) is 12.8. The van der Waals surface area contributed by atoms with Gasteiger partial charge < -0.3 is 20.5 Å². The number of benzene rings is 1. The van der Waals surface area contributed by atoms with Gasteiger partial charge in [-0.25, -0.2) is 0 Å². The summed E-state index contributed by atoms with van der Waals surface area (Å²) in [5.74, 6) is 1.80. The molecule has 32 heavy (non-hydrogen) atoms. The van der Waals surface area contributed by atoms with E-state index in [-0.39, 0.29) is 40.8 Å². The van der Waals surface area contributed by atoms with Crippen LogP contribution in [0.4, 0.5) is 0 Å². The number of phenolic OH excluding ortho intramolecular Hbond substituents is 1. The number of amides is 1. The molecule has 6 rings (SSSR count). The van der Waals surface area contributed by atoms with Crippen LogP contribution in [-0.4, -0.2) is 59.3 Å². The minimum absolute atomic E-state index is 0.0517. The normalized spacial score (nSPS) is 37.0. The molecule has 3 aliphatic carbocycles. The van der Waals surface area contributed by atoms with Crippen molar-refractivity contribution in [1.29, 1.82) is 0 Å². The lowest BCUT2D eigenvalue weighted by atomic mass is 9.46. The van der Waals surface area contributed by atoms with Crippen molar-refractivity contribution in [2.75, 3.05) is 19.6 Å². The van der Waals surface area contributed by atoms with Gasteiger partial charge in [0.1, 0.15) is 6.10 Å². The van der Waals surface area contributed by atoms with Crippen LogP contribution in [0.25, 0.3) is 0 Å². The van der Waals surface area contributed by atoms with Crippen LogP contribution < -0.4 is 15.4 Å². The number of unbranched alkanes of at least 4 members (excludes halogenated alkanes) is 1. The lowest BCUT2D eigenvalue weighted by Gasteiger charge is -2.66. The Hall–Kier alpha value is -1.79. The van der Waals surface area contributed by atoms with Crippen LogP contribution in [0.5, 0.6) is 11.5 Å². The quantitative estimate of drug-likeness (QED) is 0.570. The zero-order chi connectivity index (χ0) is 22.1. The van der Waals surface area contributed by atoms with Gasteiger partial charge in [0.05, 0.1) is 11.0 Å². The molecule has 0 radical (unpaired) electrons. The maximum Gasteiger partial charge on any atom is 0.217 e. The number of phenols is 1. The first-order valence-electron chi connectivity index (χ1n) is 12.8. The SMILES string of the molecule is CCCCNC1CC[C@@]2(NC(C)=O)[C@H]3Cc4ccc(O)c5c4[C@@]2(CCN3CC2CC2)C1O5. The molecule has 3 N–H and O–H groups in total. The molecule has 5 aliphatic rings. The Balaban J connectivity index is 1.50. The summed E-state index contributed by atoms with van der Waals surface area (Å²) < 4.78 is 6.71. The molecule has 6 heteroatoms. The number of carbonyl (C=O) groups excluding carboxylic acids is 1. The minimum atomic E-state index is -0.342. The molecule has 1 saturated heterocycles. The summed E-state index contributed by atoms with van der Waals surface area (Å²) in [5.41, 5.74) is 1.88. The molecule has 1 spiro atoms. The average molecular weight is 440 g/mol. The fourth-order valence-corrected chi connectivity index (χ4v) is 7.77. The smallest absolute Gasteiger partial charge is 0.217 e. The standard InChI is InChI=1S/C26H37N3O3/c1-3-4-12-27-19-9-10-26(28-16(2)30)21-14-18-7-8-20(31)23-22(18)25(26,24(19)32-23)11-13-29(21)15-17-5-6-17/h7-8,17,19,21,24,27,31H,3-6,9-15H2,1-2H3,(H,28,30)/t19?,21-,24?,25+,26-/m1/s1. The van der Waals surface area contributed by atoms with Gasteiger partial charge in [-0.2, -0.15) is 0 Å². The van der Waals surface area contributed by atoms with Crippen LogP contribution in [0, 0.1) is 5.92 Å². The largest absolute Gasteiger partial charge is 0.504 e. The van der Waals surface area contributed by atoms with E-state index in [1.54, 1.807) is 6.92 Å². The number of hydrogen-bond donors (Lipinski definition) is 3. The predicted molar refractivity (Wildman–Crippen MR) is 123 cm³/mol. The van der Waals surface area contributed by atoms with Gasteiger partial charge in [-0.3, -0.25) is 9.69 Å². The van der Waals surface area contributed by atoms with Crippen LogP contribution in [0.1, 0.15) is 69.9 Å². The van der Waals surface area contributed by atoms with Crippen molar-refractivity contribution in [3.05, 3.63) is 23.3 Å². The first-order chi connectivity index (χ1) is 15.5. The van der Waals surface area contributed by atoms with Gasteiger partial charge >= 0.3 is 0 Å². The third-order valence-electron chi connectivity index (χ3n) is 9.15. The third-order valence-corrected chi connectivity index (χ3v) is 9.15. The number of rotatable bonds is 7. The summed E-state index contributed by atoms with van der Waals surface area (Å²) in [6.45, 7) is 7.06.